The van der Waals surface area contributed by atoms with Gasteiger partial charge in [-0.2, -0.15) is 0 Å². The molecule has 8 heteroatoms. The number of aromatic nitrogens is 1. The number of aryl methyl sites for hydroxylation is 3. The zero-order valence-electron chi connectivity index (χ0n) is 12.5. The second kappa shape index (κ2) is 6.29. The number of carbonyl (C=O) groups excluding carboxylic acids is 1. The first kappa shape index (κ1) is 16.2. The van der Waals surface area contributed by atoms with Crippen LogP contribution in [0.3, 0.4) is 0 Å². The van der Waals surface area contributed by atoms with Crippen LogP contribution in [0, 0.1) is 20.8 Å². The quantitative estimate of drug-likeness (QED) is 0.868. The Kier molecular flexibility index (Phi) is 4.62. The van der Waals surface area contributed by atoms with Gasteiger partial charge in [0.2, 0.25) is 15.9 Å². The van der Waals surface area contributed by atoms with Gasteiger partial charge in [0.25, 0.3) is 0 Å². The lowest BCUT2D eigenvalue weighted by Crippen LogP contribution is -2.33. The van der Waals surface area contributed by atoms with Crippen LogP contribution in [0.4, 0.5) is 5.82 Å². The Bertz CT molecular complexity index is 796. The van der Waals surface area contributed by atoms with Crippen molar-refractivity contribution in [2.75, 3.05) is 11.9 Å². The molecule has 0 spiro atoms. The average molecular weight is 323 g/mol. The molecule has 1 amide bonds. The van der Waals surface area contributed by atoms with Crippen molar-refractivity contribution < 1.29 is 17.7 Å². The van der Waals surface area contributed by atoms with E-state index in [1.54, 1.807) is 26.0 Å². The van der Waals surface area contributed by atoms with E-state index in [0.29, 0.717) is 11.3 Å². The minimum absolute atomic E-state index is 0.156. The van der Waals surface area contributed by atoms with Crippen molar-refractivity contribution in [2.24, 2.45) is 0 Å². The zero-order valence-corrected chi connectivity index (χ0v) is 13.3. The fourth-order valence-electron chi connectivity index (χ4n) is 1.95. The number of anilines is 1. The molecule has 0 aliphatic rings. The molecule has 2 N–H and O–H groups in total. The predicted octanol–water partition coefficient (Wildman–Crippen LogP) is 1.52. The maximum Gasteiger partial charge on any atom is 0.241 e. The van der Waals surface area contributed by atoms with Crippen LogP contribution in [0.5, 0.6) is 0 Å². The minimum Gasteiger partial charge on any atom is -0.360 e. The van der Waals surface area contributed by atoms with Gasteiger partial charge in [-0.1, -0.05) is 22.9 Å². The molecule has 22 heavy (non-hydrogen) atoms. The molecule has 7 nitrogen and oxygen atoms in total. The van der Waals surface area contributed by atoms with Crippen molar-refractivity contribution in [2.45, 2.75) is 25.7 Å². The summed E-state index contributed by atoms with van der Waals surface area (Å²) in [4.78, 5) is 11.9. The predicted molar refractivity (Wildman–Crippen MR) is 81.0 cm³/mol. The first-order valence-electron chi connectivity index (χ1n) is 6.58. The van der Waals surface area contributed by atoms with Gasteiger partial charge in [0.15, 0.2) is 5.82 Å². The summed E-state index contributed by atoms with van der Waals surface area (Å²) in [7, 11) is -3.74. The number of carbonyl (C=O) groups is 1. The van der Waals surface area contributed by atoms with Crippen LogP contribution in [0.1, 0.15) is 16.9 Å². The average Bonchev–Trinajstić information content (AvgIpc) is 2.81. The molecule has 0 unspecified atom stereocenters. The van der Waals surface area contributed by atoms with E-state index in [1.165, 1.54) is 12.1 Å². The molecule has 2 aromatic rings. The largest absolute Gasteiger partial charge is 0.360 e. The van der Waals surface area contributed by atoms with Gasteiger partial charge in [-0.3, -0.25) is 4.79 Å². The molecule has 0 fully saturated rings. The maximum absolute atomic E-state index is 12.2. The molecule has 0 aliphatic heterocycles. The number of rotatable bonds is 5. The van der Waals surface area contributed by atoms with Gasteiger partial charge in [-0.05, 0) is 32.4 Å². The second-order valence-corrected chi connectivity index (χ2v) is 6.70. The molecule has 118 valence electrons. The first-order valence-corrected chi connectivity index (χ1v) is 8.06. The number of sulfonamides is 1. The van der Waals surface area contributed by atoms with Crippen molar-refractivity contribution in [1.82, 2.24) is 9.88 Å². The fraction of sp³-hybridized carbons (Fsp3) is 0.286. The molecular weight excluding hydrogens is 306 g/mol. The lowest BCUT2D eigenvalue weighted by molar-refractivity contribution is -0.115. The molecule has 0 radical (unpaired) electrons. The Labute approximate surface area is 128 Å². The van der Waals surface area contributed by atoms with Crippen LogP contribution in [0.25, 0.3) is 0 Å². The Balaban J connectivity index is 2.01. The van der Waals surface area contributed by atoms with Gasteiger partial charge in [-0.15, -0.1) is 0 Å². The summed E-state index contributed by atoms with van der Waals surface area (Å²) in [5.74, 6) is 0.265. The summed E-state index contributed by atoms with van der Waals surface area (Å²) in [6.45, 7) is 4.89. The molecular formula is C14H17N3O4S. The maximum atomic E-state index is 12.2. The van der Waals surface area contributed by atoms with E-state index in [9.17, 15) is 13.2 Å². The van der Waals surface area contributed by atoms with Gasteiger partial charge in [0.1, 0.15) is 5.76 Å². The van der Waals surface area contributed by atoms with Gasteiger partial charge < -0.3 is 9.84 Å². The van der Waals surface area contributed by atoms with E-state index in [2.05, 4.69) is 15.2 Å². The van der Waals surface area contributed by atoms with Crippen LogP contribution < -0.4 is 10.0 Å². The van der Waals surface area contributed by atoms with Gasteiger partial charge in [0, 0.05) is 6.07 Å². The summed E-state index contributed by atoms with van der Waals surface area (Å²) in [5.41, 5.74) is 1.59. The van der Waals surface area contributed by atoms with Crippen LogP contribution in [-0.4, -0.2) is 26.0 Å². The SMILES string of the molecule is Cc1ccc(S(=O)(=O)NCC(=O)Nc2cc(C)on2)c(C)c1. The normalized spacial score (nSPS) is 11.4. The van der Waals surface area contributed by atoms with Crippen LogP contribution >= 0.6 is 0 Å². The Morgan fingerprint density at radius 2 is 1.95 bits per heavy atom. The van der Waals surface area contributed by atoms with E-state index in [0.717, 1.165) is 5.56 Å². The standard InChI is InChI=1S/C14H17N3O4S/c1-9-4-5-12(10(2)6-9)22(19,20)15-8-14(18)16-13-7-11(3)21-17-13/h4-7,15H,8H2,1-3H3,(H,16,17,18). The zero-order chi connectivity index (χ0) is 16.3. The summed E-state index contributed by atoms with van der Waals surface area (Å²) in [5, 5.41) is 6.04. The van der Waals surface area contributed by atoms with Crippen molar-refractivity contribution in [1.29, 1.82) is 0 Å². The first-order chi connectivity index (χ1) is 10.3. The highest BCUT2D eigenvalue weighted by atomic mass is 32.2. The second-order valence-electron chi connectivity index (χ2n) is 4.96. The summed E-state index contributed by atoms with van der Waals surface area (Å²) >= 11 is 0. The molecule has 1 aromatic carbocycles. The number of benzene rings is 1. The van der Waals surface area contributed by atoms with Gasteiger partial charge in [0.05, 0.1) is 11.4 Å². The molecule has 0 aliphatic carbocycles. The van der Waals surface area contributed by atoms with Gasteiger partial charge in [-0.25, -0.2) is 13.1 Å². The van der Waals surface area contributed by atoms with E-state index < -0.39 is 15.9 Å². The van der Waals surface area contributed by atoms with Crippen molar-refractivity contribution in [3.05, 3.63) is 41.2 Å². The number of hydrogen-bond donors (Lipinski definition) is 2. The Morgan fingerprint density at radius 1 is 1.23 bits per heavy atom. The lowest BCUT2D eigenvalue weighted by atomic mass is 10.2. The van der Waals surface area contributed by atoms with E-state index in [1.807, 2.05) is 6.92 Å². The topological polar surface area (TPSA) is 101 Å². The van der Waals surface area contributed by atoms with Gasteiger partial charge >= 0.3 is 0 Å². The number of nitrogens with zero attached hydrogens (tertiary/aromatic N) is 1. The summed E-state index contributed by atoms with van der Waals surface area (Å²) < 4.78 is 31.5. The molecule has 1 aromatic heterocycles. The molecule has 0 saturated carbocycles. The highest BCUT2D eigenvalue weighted by molar-refractivity contribution is 7.89. The molecule has 0 saturated heterocycles. The summed E-state index contributed by atoms with van der Waals surface area (Å²) in [6.07, 6.45) is 0. The summed E-state index contributed by atoms with van der Waals surface area (Å²) in [6, 6.07) is 6.54. The Hall–Kier alpha value is -2.19. The number of hydrogen-bond acceptors (Lipinski definition) is 5. The van der Waals surface area contributed by atoms with Crippen molar-refractivity contribution in [3.63, 3.8) is 0 Å². The van der Waals surface area contributed by atoms with E-state index >= 15 is 0 Å². The number of nitrogens with one attached hydrogen (secondary N) is 2. The lowest BCUT2D eigenvalue weighted by Gasteiger charge is -2.09. The molecule has 1 heterocycles. The highest BCUT2D eigenvalue weighted by Crippen LogP contribution is 2.16. The molecule has 0 atom stereocenters. The van der Waals surface area contributed by atoms with Crippen LogP contribution in [0.2, 0.25) is 0 Å². The monoisotopic (exact) mass is 323 g/mol. The molecule has 0 bridgehead atoms. The van der Waals surface area contributed by atoms with E-state index in [-0.39, 0.29) is 17.3 Å². The molecule has 2 rings (SSSR count). The third-order valence-electron chi connectivity index (χ3n) is 2.94. The van der Waals surface area contributed by atoms with Crippen LogP contribution in [-0.2, 0) is 14.8 Å². The van der Waals surface area contributed by atoms with E-state index in [4.69, 9.17) is 4.52 Å². The number of amides is 1. The third kappa shape index (κ3) is 3.92. The van der Waals surface area contributed by atoms with Crippen molar-refractivity contribution in [3.8, 4) is 0 Å². The Morgan fingerprint density at radius 3 is 2.55 bits per heavy atom. The fourth-order valence-corrected chi connectivity index (χ4v) is 3.16. The van der Waals surface area contributed by atoms with Crippen molar-refractivity contribution >= 4 is 21.7 Å². The smallest absolute Gasteiger partial charge is 0.241 e. The minimum atomic E-state index is -3.74. The highest BCUT2D eigenvalue weighted by Gasteiger charge is 2.18. The third-order valence-corrected chi connectivity index (χ3v) is 4.50. The van der Waals surface area contributed by atoms with Crippen LogP contribution in [0.15, 0.2) is 33.7 Å².